The first kappa shape index (κ1) is 23.9. The maximum Gasteiger partial charge on any atom is 0.257 e. The zero-order valence-electron chi connectivity index (χ0n) is 19.6. The predicted octanol–water partition coefficient (Wildman–Crippen LogP) is 4.25. The predicted molar refractivity (Wildman–Crippen MR) is 133 cm³/mol. The molecule has 2 heterocycles. The minimum absolute atomic E-state index is 0.168. The molecule has 6 nitrogen and oxygen atoms in total. The molecule has 6 heteroatoms. The highest BCUT2D eigenvalue weighted by Crippen LogP contribution is 2.31. The van der Waals surface area contributed by atoms with E-state index in [1.807, 2.05) is 43.5 Å². The van der Waals surface area contributed by atoms with Crippen LogP contribution in [0.3, 0.4) is 0 Å². The SMILES string of the molecule is CC(c1c[nH]c2ccccc12)[C@@H](O)NC(=O)c1cc(C#CCCCCO)cc2c1OCCCC2. The van der Waals surface area contributed by atoms with Crippen molar-refractivity contribution in [1.29, 1.82) is 0 Å². The smallest absolute Gasteiger partial charge is 0.257 e. The van der Waals surface area contributed by atoms with Crippen molar-refractivity contribution >= 4 is 16.8 Å². The number of aromatic amines is 1. The van der Waals surface area contributed by atoms with Crippen LogP contribution in [0.1, 0.15) is 72.0 Å². The molecular weight excluding hydrogens is 428 g/mol. The Morgan fingerprint density at radius 2 is 2.09 bits per heavy atom. The van der Waals surface area contributed by atoms with Crippen LogP contribution in [-0.4, -0.2) is 40.5 Å². The van der Waals surface area contributed by atoms with Gasteiger partial charge in [-0.05, 0) is 61.4 Å². The van der Waals surface area contributed by atoms with Crippen molar-refractivity contribution in [2.24, 2.45) is 0 Å². The van der Waals surface area contributed by atoms with Crippen LogP contribution in [0.25, 0.3) is 10.9 Å². The van der Waals surface area contributed by atoms with Gasteiger partial charge in [-0.25, -0.2) is 0 Å². The lowest BCUT2D eigenvalue weighted by atomic mass is 9.97. The molecule has 1 amide bonds. The quantitative estimate of drug-likeness (QED) is 0.241. The van der Waals surface area contributed by atoms with Gasteiger partial charge in [0.2, 0.25) is 0 Å². The summed E-state index contributed by atoms with van der Waals surface area (Å²) in [6, 6.07) is 11.7. The standard InChI is InChI=1S/C28H32N2O4/c1-19(24-18-29-25-13-6-5-12-22(24)25)27(32)30-28(33)23-17-20(10-4-2-3-8-14-31)16-21-11-7-9-15-34-26(21)23/h5-6,12-13,16-19,27,29,31-32H,2-3,7-9,11,14-15H2,1H3,(H,30,33)/t19?,27-/m1/s1. The van der Waals surface area contributed by atoms with Crippen molar-refractivity contribution in [2.75, 3.05) is 13.2 Å². The van der Waals surface area contributed by atoms with E-state index < -0.39 is 6.23 Å². The molecule has 34 heavy (non-hydrogen) atoms. The number of hydrogen-bond acceptors (Lipinski definition) is 4. The van der Waals surface area contributed by atoms with Crippen LogP contribution in [-0.2, 0) is 6.42 Å². The largest absolute Gasteiger partial charge is 0.492 e. The zero-order valence-corrected chi connectivity index (χ0v) is 19.6. The molecule has 0 radical (unpaired) electrons. The van der Waals surface area contributed by atoms with Crippen molar-refractivity contribution in [1.82, 2.24) is 10.3 Å². The van der Waals surface area contributed by atoms with Crippen molar-refractivity contribution < 1.29 is 19.7 Å². The summed E-state index contributed by atoms with van der Waals surface area (Å²) in [6.45, 7) is 2.63. The molecule has 4 rings (SSSR count). The fourth-order valence-electron chi connectivity index (χ4n) is 4.35. The highest BCUT2D eigenvalue weighted by atomic mass is 16.5. The second-order valence-electron chi connectivity index (χ2n) is 8.80. The summed E-state index contributed by atoms with van der Waals surface area (Å²) in [4.78, 5) is 16.5. The molecule has 0 fully saturated rings. The summed E-state index contributed by atoms with van der Waals surface area (Å²) >= 11 is 0. The Hall–Kier alpha value is -3.27. The van der Waals surface area contributed by atoms with E-state index in [0.717, 1.165) is 59.7 Å². The van der Waals surface area contributed by atoms with Crippen molar-refractivity contribution in [3.05, 3.63) is 64.8 Å². The highest BCUT2D eigenvalue weighted by molar-refractivity contribution is 5.98. The molecule has 2 atom stereocenters. The van der Waals surface area contributed by atoms with Crippen LogP contribution >= 0.6 is 0 Å². The molecule has 0 spiro atoms. The number of ether oxygens (including phenoxy) is 1. The fraction of sp³-hybridized carbons (Fsp3) is 0.393. The van der Waals surface area contributed by atoms with Gasteiger partial charge in [0.25, 0.3) is 5.91 Å². The minimum Gasteiger partial charge on any atom is -0.492 e. The molecule has 0 saturated carbocycles. The van der Waals surface area contributed by atoms with E-state index in [1.54, 1.807) is 6.07 Å². The molecule has 3 aromatic rings. The van der Waals surface area contributed by atoms with Crippen LogP contribution in [0.4, 0.5) is 0 Å². The molecule has 4 N–H and O–H groups in total. The van der Waals surface area contributed by atoms with E-state index in [-0.39, 0.29) is 18.4 Å². The Morgan fingerprint density at radius 1 is 1.24 bits per heavy atom. The van der Waals surface area contributed by atoms with Crippen LogP contribution < -0.4 is 10.1 Å². The number of para-hydroxylation sites is 1. The first-order valence-corrected chi connectivity index (χ1v) is 12.0. The molecule has 0 aliphatic carbocycles. The molecule has 1 aromatic heterocycles. The van der Waals surface area contributed by atoms with Crippen molar-refractivity contribution in [3.8, 4) is 17.6 Å². The highest BCUT2D eigenvalue weighted by Gasteiger charge is 2.25. The number of aliphatic hydroxyl groups excluding tert-OH is 2. The Bertz CT molecular complexity index is 1200. The summed E-state index contributed by atoms with van der Waals surface area (Å²) < 4.78 is 5.96. The summed E-state index contributed by atoms with van der Waals surface area (Å²) in [6.07, 6.45) is 5.81. The number of fused-ring (bicyclic) bond motifs is 2. The lowest BCUT2D eigenvalue weighted by molar-refractivity contribution is 0.0724. The van der Waals surface area contributed by atoms with Gasteiger partial charge in [0, 0.05) is 41.6 Å². The lowest BCUT2D eigenvalue weighted by Gasteiger charge is -2.21. The molecule has 0 bridgehead atoms. The molecule has 1 unspecified atom stereocenters. The third kappa shape index (κ3) is 5.44. The first-order chi connectivity index (χ1) is 16.6. The Morgan fingerprint density at radius 3 is 2.94 bits per heavy atom. The monoisotopic (exact) mass is 460 g/mol. The number of aryl methyl sites for hydroxylation is 1. The van der Waals surface area contributed by atoms with Crippen LogP contribution in [0, 0.1) is 11.8 Å². The van der Waals surface area contributed by atoms with Crippen LogP contribution in [0.15, 0.2) is 42.6 Å². The molecule has 1 aliphatic heterocycles. The second-order valence-corrected chi connectivity index (χ2v) is 8.80. The first-order valence-electron chi connectivity index (χ1n) is 12.0. The Balaban J connectivity index is 1.56. The molecule has 2 aromatic carbocycles. The van der Waals surface area contributed by atoms with Gasteiger partial charge in [-0.2, -0.15) is 0 Å². The van der Waals surface area contributed by atoms with Gasteiger partial charge in [0.1, 0.15) is 12.0 Å². The molecular formula is C28H32N2O4. The van der Waals surface area contributed by atoms with E-state index in [1.165, 1.54) is 0 Å². The number of benzene rings is 2. The maximum absolute atomic E-state index is 13.3. The third-order valence-corrected chi connectivity index (χ3v) is 6.30. The topological polar surface area (TPSA) is 94.6 Å². The average molecular weight is 461 g/mol. The van der Waals surface area contributed by atoms with Crippen LogP contribution in [0.5, 0.6) is 5.75 Å². The summed E-state index contributed by atoms with van der Waals surface area (Å²) in [7, 11) is 0. The summed E-state index contributed by atoms with van der Waals surface area (Å²) in [5.41, 5.74) is 4.08. The van der Waals surface area contributed by atoms with Gasteiger partial charge in [0.05, 0.1) is 12.2 Å². The average Bonchev–Trinajstić information content (AvgIpc) is 3.13. The summed E-state index contributed by atoms with van der Waals surface area (Å²) in [5, 5.41) is 23.6. The number of aromatic nitrogens is 1. The molecule has 178 valence electrons. The van der Waals surface area contributed by atoms with Gasteiger partial charge < -0.3 is 25.3 Å². The molecule has 1 aliphatic rings. The second kappa shape index (κ2) is 11.2. The van der Waals surface area contributed by atoms with Gasteiger partial charge >= 0.3 is 0 Å². The van der Waals surface area contributed by atoms with E-state index >= 15 is 0 Å². The fourth-order valence-corrected chi connectivity index (χ4v) is 4.35. The summed E-state index contributed by atoms with van der Waals surface area (Å²) in [5.74, 6) is 6.19. The number of rotatable bonds is 7. The van der Waals surface area contributed by atoms with E-state index in [2.05, 4.69) is 22.1 Å². The Kier molecular flexibility index (Phi) is 7.89. The maximum atomic E-state index is 13.3. The zero-order chi connectivity index (χ0) is 23.9. The van der Waals surface area contributed by atoms with E-state index in [4.69, 9.17) is 9.84 Å². The number of carbonyl (C=O) groups excluding carboxylic acids is 1. The van der Waals surface area contributed by atoms with Crippen molar-refractivity contribution in [2.45, 2.75) is 57.6 Å². The van der Waals surface area contributed by atoms with Gasteiger partial charge in [0.15, 0.2) is 0 Å². The van der Waals surface area contributed by atoms with Gasteiger partial charge in [-0.1, -0.05) is 37.0 Å². The van der Waals surface area contributed by atoms with Crippen molar-refractivity contribution in [3.63, 3.8) is 0 Å². The van der Waals surface area contributed by atoms with Crippen LogP contribution in [0.2, 0.25) is 0 Å². The number of carbonyl (C=O) groups is 1. The number of hydrogen-bond donors (Lipinski definition) is 4. The van der Waals surface area contributed by atoms with E-state index in [9.17, 15) is 9.90 Å². The third-order valence-electron chi connectivity index (χ3n) is 6.30. The number of H-pyrrole nitrogens is 1. The molecule has 0 saturated heterocycles. The minimum atomic E-state index is -1.07. The van der Waals surface area contributed by atoms with Gasteiger partial charge in [-0.3, -0.25) is 4.79 Å². The number of nitrogens with one attached hydrogen (secondary N) is 2. The normalized spacial score (nSPS) is 14.8. The number of unbranched alkanes of at least 4 members (excludes halogenated alkanes) is 2. The lowest BCUT2D eigenvalue weighted by Crippen LogP contribution is -2.38. The van der Waals surface area contributed by atoms with Gasteiger partial charge in [-0.15, -0.1) is 0 Å². The number of aliphatic hydroxyl groups is 2. The number of amides is 1. The Labute approximate surface area is 200 Å². The van der Waals surface area contributed by atoms with E-state index in [0.29, 0.717) is 24.3 Å².